The first-order valence-corrected chi connectivity index (χ1v) is 5.48. The van der Waals surface area contributed by atoms with Crippen molar-refractivity contribution >= 4 is 5.97 Å². The Morgan fingerprint density at radius 3 is 2.64 bits per heavy atom. The van der Waals surface area contributed by atoms with Crippen molar-refractivity contribution in [2.45, 2.75) is 58.0 Å². The van der Waals surface area contributed by atoms with Gasteiger partial charge in [0.15, 0.2) is 0 Å². The van der Waals surface area contributed by atoms with Crippen LogP contribution in [0.1, 0.15) is 52.4 Å². The Balaban J connectivity index is 2.30. The molecular weight excluding hydrogens is 176 g/mol. The summed E-state index contributed by atoms with van der Waals surface area (Å²) >= 11 is 0. The van der Waals surface area contributed by atoms with E-state index in [0.29, 0.717) is 12.0 Å². The van der Waals surface area contributed by atoms with Gasteiger partial charge in [0, 0.05) is 12.0 Å². The summed E-state index contributed by atoms with van der Waals surface area (Å²) in [5.41, 5.74) is 0.366. The molecule has 0 aromatic rings. The zero-order valence-corrected chi connectivity index (χ0v) is 9.27. The van der Waals surface area contributed by atoms with Crippen LogP contribution in [0.4, 0.5) is 0 Å². The van der Waals surface area contributed by atoms with Crippen LogP contribution in [-0.4, -0.2) is 11.6 Å². The summed E-state index contributed by atoms with van der Waals surface area (Å²) in [4.78, 5) is 11.2. The molecule has 1 aliphatic rings. The van der Waals surface area contributed by atoms with E-state index in [-0.39, 0.29) is 11.6 Å². The van der Waals surface area contributed by atoms with Gasteiger partial charge in [-0.15, -0.1) is 0 Å². The van der Waals surface area contributed by atoms with E-state index in [1.54, 1.807) is 0 Å². The Bertz CT molecular complexity index is 214. The fraction of sp³-hybridized carbons (Fsp3) is 0.750. The maximum atomic E-state index is 11.2. The van der Waals surface area contributed by atoms with Crippen molar-refractivity contribution in [3.8, 4) is 0 Å². The third kappa shape index (κ3) is 2.86. The second-order valence-corrected chi connectivity index (χ2v) is 4.43. The van der Waals surface area contributed by atoms with E-state index >= 15 is 0 Å². The quantitative estimate of drug-likeness (QED) is 0.383. The van der Waals surface area contributed by atoms with Crippen LogP contribution in [0.5, 0.6) is 0 Å². The molecule has 1 fully saturated rings. The van der Waals surface area contributed by atoms with Gasteiger partial charge in [-0.3, -0.25) is 0 Å². The number of rotatable bonds is 5. The summed E-state index contributed by atoms with van der Waals surface area (Å²) < 4.78 is 5.30. The predicted molar refractivity (Wildman–Crippen MR) is 57.0 cm³/mol. The minimum atomic E-state index is -0.262. The van der Waals surface area contributed by atoms with Gasteiger partial charge < -0.3 is 4.74 Å². The fourth-order valence-corrected chi connectivity index (χ4v) is 1.92. The maximum Gasteiger partial charge on any atom is 0.334 e. The summed E-state index contributed by atoms with van der Waals surface area (Å²) in [5.74, 6) is -0.206. The van der Waals surface area contributed by atoms with Gasteiger partial charge in [0.2, 0.25) is 0 Å². The smallest absolute Gasteiger partial charge is 0.334 e. The Morgan fingerprint density at radius 2 is 2.14 bits per heavy atom. The van der Waals surface area contributed by atoms with Gasteiger partial charge in [-0.1, -0.05) is 32.8 Å². The summed E-state index contributed by atoms with van der Waals surface area (Å²) in [6.45, 7) is 7.90. The minimum Gasteiger partial charge on any atom is -0.456 e. The molecule has 0 N–H and O–H groups in total. The van der Waals surface area contributed by atoms with E-state index in [9.17, 15) is 4.79 Å². The number of unbranched alkanes of at least 4 members (excludes halogenated alkanes) is 3. The van der Waals surface area contributed by atoms with Gasteiger partial charge in [0.05, 0.1) is 0 Å². The van der Waals surface area contributed by atoms with Crippen LogP contribution in [0.25, 0.3) is 0 Å². The topological polar surface area (TPSA) is 26.3 Å². The molecule has 2 nitrogen and oxygen atoms in total. The Morgan fingerprint density at radius 1 is 1.43 bits per heavy atom. The highest BCUT2D eigenvalue weighted by Gasteiger charge is 2.37. The van der Waals surface area contributed by atoms with Crippen molar-refractivity contribution in [1.29, 1.82) is 0 Å². The number of ether oxygens (including phenoxy) is 1. The van der Waals surface area contributed by atoms with Crippen molar-refractivity contribution in [1.82, 2.24) is 0 Å². The molecule has 14 heavy (non-hydrogen) atoms. The number of hydrogen-bond donors (Lipinski definition) is 0. The van der Waals surface area contributed by atoms with E-state index in [0.717, 1.165) is 12.8 Å². The van der Waals surface area contributed by atoms with E-state index in [1.807, 2.05) is 6.92 Å². The second-order valence-electron chi connectivity index (χ2n) is 4.43. The first-order valence-electron chi connectivity index (χ1n) is 5.48. The molecular formula is C12H20O2. The van der Waals surface area contributed by atoms with Crippen molar-refractivity contribution in [2.24, 2.45) is 0 Å². The number of carbonyl (C=O) groups is 1. The highest BCUT2D eigenvalue weighted by atomic mass is 16.6. The van der Waals surface area contributed by atoms with Gasteiger partial charge in [-0.25, -0.2) is 4.79 Å². The van der Waals surface area contributed by atoms with Gasteiger partial charge in [0.1, 0.15) is 5.60 Å². The van der Waals surface area contributed by atoms with Crippen LogP contribution in [-0.2, 0) is 9.53 Å². The molecule has 1 saturated heterocycles. The molecule has 2 heteroatoms. The summed E-state index contributed by atoms with van der Waals surface area (Å²) in [7, 11) is 0. The summed E-state index contributed by atoms with van der Waals surface area (Å²) in [6, 6.07) is 0. The number of esters is 1. The standard InChI is InChI=1S/C12H20O2/c1-4-5-6-7-8-12(3)9-10(2)11(13)14-12/h2,4-9H2,1,3H3. The first-order chi connectivity index (χ1) is 6.57. The first kappa shape index (κ1) is 11.3. The molecule has 0 aliphatic carbocycles. The lowest BCUT2D eigenvalue weighted by molar-refractivity contribution is -0.145. The molecule has 0 bridgehead atoms. The SMILES string of the molecule is C=C1CC(C)(CCCCCC)OC1=O. The minimum absolute atomic E-state index is 0.206. The summed E-state index contributed by atoms with van der Waals surface area (Å²) in [6.07, 6.45) is 6.56. The van der Waals surface area contributed by atoms with Crippen LogP contribution >= 0.6 is 0 Å². The second kappa shape index (κ2) is 4.63. The monoisotopic (exact) mass is 196 g/mol. The third-order valence-electron chi connectivity index (χ3n) is 2.77. The molecule has 80 valence electrons. The summed E-state index contributed by atoms with van der Waals surface area (Å²) in [5, 5.41) is 0. The molecule has 1 atom stereocenters. The van der Waals surface area contributed by atoms with Gasteiger partial charge in [-0.05, 0) is 19.8 Å². The fourth-order valence-electron chi connectivity index (χ4n) is 1.92. The number of carbonyl (C=O) groups excluding carboxylic acids is 1. The number of cyclic esters (lactones) is 1. The molecule has 1 rings (SSSR count). The molecule has 1 aliphatic heterocycles. The number of hydrogen-bond acceptors (Lipinski definition) is 2. The lowest BCUT2D eigenvalue weighted by Crippen LogP contribution is -2.23. The Hall–Kier alpha value is -0.790. The average Bonchev–Trinajstić information content (AvgIpc) is 2.36. The lowest BCUT2D eigenvalue weighted by Gasteiger charge is -2.21. The highest BCUT2D eigenvalue weighted by molar-refractivity contribution is 5.90. The van der Waals surface area contributed by atoms with Gasteiger partial charge in [-0.2, -0.15) is 0 Å². The zero-order chi connectivity index (χ0) is 10.6. The van der Waals surface area contributed by atoms with Crippen LogP contribution in [0, 0.1) is 0 Å². The molecule has 1 unspecified atom stereocenters. The van der Waals surface area contributed by atoms with Crippen molar-refractivity contribution in [3.05, 3.63) is 12.2 Å². The van der Waals surface area contributed by atoms with Crippen molar-refractivity contribution in [3.63, 3.8) is 0 Å². The Labute approximate surface area is 86.3 Å². The highest BCUT2D eigenvalue weighted by Crippen LogP contribution is 2.33. The van der Waals surface area contributed by atoms with Gasteiger partial charge in [0.25, 0.3) is 0 Å². The normalized spacial score (nSPS) is 26.7. The third-order valence-corrected chi connectivity index (χ3v) is 2.77. The molecule has 1 heterocycles. The maximum absolute atomic E-state index is 11.2. The Kier molecular flexibility index (Phi) is 3.73. The molecule has 0 saturated carbocycles. The molecule has 0 aromatic heterocycles. The largest absolute Gasteiger partial charge is 0.456 e. The molecule has 0 radical (unpaired) electrons. The van der Waals surface area contributed by atoms with Crippen molar-refractivity contribution < 1.29 is 9.53 Å². The van der Waals surface area contributed by atoms with Crippen LogP contribution in [0.2, 0.25) is 0 Å². The van der Waals surface area contributed by atoms with E-state index in [2.05, 4.69) is 13.5 Å². The molecule has 0 aromatic carbocycles. The van der Waals surface area contributed by atoms with E-state index in [1.165, 1.54) is 19.3 Å². The van der Waals surface area contributed by atoms with Gasteiger partial charge >= 0.3 is 5.97 Å². The van der Waals surface area contributed by atoms with E-state index < -0.39 is 0 Å². The molecule has 0 spiro atoms. The lowest BCUT2D eigenvalue weighted by atomic mass is 9.93. The average molecular weight is 196 g/mol. The molecule has 0 amide bonds. The van der Waals surface area contributed by atoms with Crippen LogP contribution in [0.15, 0.2) is 12.2 Å². The zero-order valence-electron chi connectivity index (χ0n) is 9.27. The predicted octanol–water partition coefficient (Wildman–Crippen LogP) is 3.22. The van der Waals surface area contributed by atoms with Crippen LogP contribution in [0.3, 0.4) is 0 Å². The van der Waals surface area contributed by atoms with Crippen molar-refractivity contribution in [2.75, 3.05) is 0 Å². The van der Waals surface area contributed by atoms with Crippen LogP contribution < -0.4 is 0 Å². The van der Waals surface area contributed by atoms with E-state index in [4.69, 9.17) is 4.74 Å².